The van der Waals surface area contributed by atoms with Gasteiger partial charge in [-0.2, -0.15) is 0 Å². The first kappa shape index (κ1) is 10.5. The fourth-order valence-electron chi connectivity index (χ4n) is 0.682. The fourth-order valence-corrected chi connectivity index (χ4v) is 0.682. The third kappa shape index (κ3) is 3.06. The van der Waals surface area contributed by atoms with Gasteiger partial charge in [0.1, 0.15) is 0 Å². The van der Waals surface area contributed by atoms with E-state index in [0.29, 0.717) is 5.70 Å². The summed E-state index contributed by atoms with van der Waals surface area (Å²) in [5, 5.41) is 0. The molecule has 0 fully saturated rings. The Hall–Kier alpha value is -1.50. The standard InChI is InChI=1S/C11H15N/c1-5-9(4)8-10(6-2)11(12)7-3/h5-8H,1-3,12H2,4H3/b9-8-,11-10-. The van der Waals surface area contributed by atoms with Crippen molar-refractivity contribution < 1.29 is 0 Å². The Morgan fingerprint density at radius 1 is 1.08 bits per heavy atom. The molecule has 0 saturated carbocycles. The number of hydrogen-bond donors (Lipinski definition) is 1. The van der Waals surface area contributed by atoms with Crippen LogP contribution in [0.15, 0.2) is 60.9 Å². The molecule has 0 aromatic rings. The van der Waals surface area contributed by atoms with E-state index in [1.807, 2.05) is 13.0 Å². The molecule has 0 aliphatic carbocycles. The van der Waals surface area contributed by atoms with Crippen molar-refractivity contribution >= 4 is 0 Å². The van der Waals surface area contributed by atoms with Crippen LogP contribution < -0.4 is 5.73 Å². The molecule has 0 heterocycles. The van der Waals surface area contributed by atoms with E-state index in [1.54, 1.807) is 18.2 Å². The Labute approximate surface area is 74.3 Å². The highest BCUT2D eigenvalue weighted by Gasteiger charge is 1.91. The van der Waals surface area contributed by atoms with Crippen molar-refractivity contribution in [3.63, 3.8) is 0 Å². The zero-order chi connectivity index (χ0) is 9.56. The van der Waals surface area contributed by atoms with Crippen LogP contribution in [0.3, 0.4) is 0 Å². The molecule has 0 radical (unpaired) electrons. The summed E-state index contributed by atoms with van der Waals surface area (Å²) in [7, 11) is 0. The van der Waals surface area contributed by atoms with Crippen LogP contribution in [0.1, 0.15) is 6.92 Å². The molecule has 0 saturated heterocycles. The van der Waals surface area contributed by atoms with E-state index in [4.69, 9.17) is 5.73 Å². The van der Waals surface area contributed by atoms with Crippen LogP contribution in [0.4, 0.5) is 0 Å². The summed E-state index contributed by atoms with van der Waals surface area (Å²) in [6.07, 6.45) is 6.98. The molecule has 1 nitrogen and oxygen atoms in total. The summed E-state index contributed by atoms with van der Waals surface area (Å²) in [5.41, 5.74) is 8.20. The lowest BCUT2D eigenvalue weighted by Crippen LogP contribution is -1.96. The molecular weight excluding hydrogens is 146 g/mol. The third-order valence-electron chi connectivity index (χ3n) is 1.48. The van der Waals surface area contributed by atoms with Gasteiger partial charge in [-0.3, -0.25) is 0 Å². The summed E-state index contributed by atoms with van der Waals surface area (Å²) in [6.45, 7) is 12.8. The fraction of sp³-hybridized carbons (Fsp3) is 0.0909. The van der Waals surface area contributed by atoms with Crippen LogP contribution in [-0.4, -0.2) is 0 Å². The highest BCUT2D eigenvalue weighted by Crippen LogP contribution is 2.07. The summed E-state index contributed by atoms with van der Waals surface area (Å²) < 4.78 is 0. The van der Waals surface area contributed by atoms with E-state index in [1.165, 1.54) is 0 Å². The monoisotopic (exact) mass is 161 g/mol. The molecule has 0 bridgehead atoms. The summed E-state index contributed by atoms with van der Waals surface area (Å²) in [5.74, 6) is 0. The van der Waals surface area contributed by atoms with Crippen molar-refractivity contribution in [1.29, 1.82) is 0 Å². The number of rotatable bonds is 4. The van der Waals surface area contributed by atoms with Crippen molar-refractivity contribution in [2.75, 3.05) is 0 Å². The molecule has 0 spiro atoms. The van der Waals surface area contributed by atoms with E-state index in [2.05, 4.69) is 19.7 Å². The summed E-state index contributed by atoms with van der Waals surface area (Å²) in [6, 6.07) is 0. The highest BCUT2D eigenvalue weighted by atomic mass is 14.6. The minimum absolute atomic E-state index is 0.631. The maximum absolute atomic E-state index is 5.64. The van der Waals surface area contributed by atoms with Gasteiger partial charge in [-0.05, 0) is 18.6 Å². The largest absolute Gasteiger partial charge is 0.398 e. The molecule has 0 aromatic carbocycles. The number of allylic oxidation sites excluding steroid dienone is 6. The van der Waals surface area contributed by atoms with Crippen LogP contribution in [0, 0.1) is 0 Å². The Morgan fingerprint density at radius 3 is 2.00 bits per heavy atom. The lowest BCUT2D eigenvalue weighted by Gasteiger charge is -1.99. The summed E-state index contributed by atoms with van der Waals surface area (Å²) in [4.78, 5) is 0. The molecule has 0 amide bonds. The van der Waals surface area contributed by atoms with Crippen molar-refractivity contribution in [3.05, 3.63) is 60.9 Å². The van der Waals surface area contributed by atoms with Gasteiger partial charge in [0.25, 0.3) is 0 Å². The second-order valence-electron chi connectivity index (χ2n) is 2.41. The second kappa shape index (κ2) is 5.19. The molecular formula is C11H15N. The lowest BCUT2D eigenvalue weighted by atomic mass is 10.1. The zero-order valence-electron chi connectivity index (χ0n) is 7.51. The van der Waals surface area contributed by atoms with E-state index in [-0.39, 0.29) is 0 Å². The Morgan fingerprint density at radius 2 is 1.67 bits per heavy atom. The average molecular weight is 161 g/mol. The van der Waals surface area contributed by atoms with Gasteiger partial charge in [-0.15, -0.1) is 0 Å². The Kier molecular flexibility index (Phi) is 4.54. The van der Waals surface area contributed by atoms with Crippen molar-refractivity contribution in [3.8, 4) is 0 Å². The molecule has 12 heavy (non-hydrogen) atoms. The van der Waals surface area contributed by atoms with E-state index in [0.717, 1.165) is 11.1 Å². The molecule has 0 aliphatic rings. The molecule has 1 heteroatoms. The van der Waals surface area contributed by atoms with Crippen LogP contribution in [0.2, 0.25) is 0 Å². The molecule has 0 aliphatic heterocycles. The Bertz CT molecular complexity index is 254. The SMILES string of the molecule is C=C/C(C)=C\C(C=C)=C(/N)C=C. The molecule has 0 unspecified atom stereocenters. The smallest absolute Gasteiger partial charge is 0.0381 e. The van der Waals surface area contributed by atoms with Gasteiger partial charge in [-0.25, -0.2) is 0 Å². The van der Waals surface area contributed by atoms with Crippen molar-refractivity contribution in [2.24, 2.45) is 5.73 Å². The van der Waals surface area contributed by atoms with E-state index in [9.17, 15) is 0 Å². The quantitative estimate of drug-likeness (QED) is 0.630. The van der Waals surface area contributed by atoms with Crippen LogP contribution >= 0.6 is 0 Å². The topological polar surface area (TPSA) is 26.0 Å². The first-order chi connectivity index (χ1) is 5.65. The summed E-state index contributed by atoms with van der Waals surface area (Å²) >= 11 is 0. The van der Waals surface area contributed by atoms with Crippen LogP contribution in [0.5, 0.6) is 0 Å². The molecule has 0 aromatic heterocycles. The van der Waals surface area contributed by atoms with Crippen LogP contribution in [0.25, 0.3) is 0 Å². The third-order valence-corrected chi connectivity index (χ3v) is 1.48. The lowest BCUT2D eigenvalue weighted by molar-refractivity contribution is 1.36. The van der Waals surface area contributed by atoms with Gasteiger partial charge in [-0.1, -0.05) is 43.5 Å². The minimum atomic E-state index is 0.631. The van der Waals surface area contributed by atoms with Crippen molar-refractivity contribution in [1.82, 2.24) is 0 Å². The normalized spacial score (nSPS) is 13.2. The second-order valence-corrected chi connectivity index (χ2v) is 2.41. The van der Waals surface area contributed by atoms with Crippen LogP contribution in [-0.2, 0) is 0 Å². The predicted molar refractivity (Wildman–Crippen MR) is 55.6 cm³/mol. The highest BCUT2D eigenvalue weighted by molar-refractivity contribution is 5.40. The van der Waals surface area contributed by atoms with Gasteiger partial charge < -0.3 is 5.73 Å². The van der Waals surface area contributed by atoms with Gasteiger partial charge in [0.15, 0.2) is 0 Å². The maximum Gasteiger partial charge on any atom is 0.0381 e. The molecule has 0 rings (SSSR count). The number of nitrogens with two attached hydrogens (primary N) is 1. The van der Waals surface area contributed by atoms with Gasteiger partial charge in [0.05, 0.1) is 0 Å². The minimum Gasteiger partial charge on any atom is -0.398 e. The molecule has 64 valence electrons. The first-order valence-corrected chi connectivity index (χ1v) is 3.71. The zero-order valence-corrected chi connectivity index (χ0v) is 7.51. The predicted octanol–water partition coefficient (Wildman–Crippen LogP) is 2.70. The molecule has 0 atom stereocenters. The average Bonchev–Trinajstić information content (AvgIpc) is 2.12. The first-order valence-electron chi connectivity index (χ1n) is 3.71. The van der Waals surface area contributed by atoms with E-state index >= 15 is 0 Å². The van der Waals surface area contributed by atoms with Gasteiger partial charge >= 0.3 is 0 Å². The maximum atomic E-state index is 5.64. The number of hydrogen-bond acceptors (Lipinski definition) is 1. The van der Waals surface area contributed by atoms with E-state index < -0.39 is 0 Å². The molecule has 2 N–H and O–H groups in total. The van der Waals surface area contributed by atoms with Gasteiger partial charge in [0, 0.05) is 5.70 Å². The Balaban J connectivity index is 4.93. The van der Waals surface area contributed by atoms with Gasteiger partial charge in [0.2, 0.25) is 0 Å². The van der Waals surface area contributed by atoms with Crippen molar-refractivity contribution in [2.45, 2.75) is 6.92 Å².